The van der Waals surface area contributed by atoms with Crippen molar-refractivity contribution in [2.24, 2.45) is 5.73 Å². The van der Waals surface area contributed by atoms with E-state index in [1.165, 1.54) is 0 Å². The summed E-state index contributed by atoms with van der Waals surface area (Å²) >= 11 is 0. The molecule has 1 heterocycles. The maximum absolute atomic E-state index is 11.4. The number of nitrogens with two attached hydrogens (primary N) is 1. The molecule has 0 saturated heterocycles. The topological polar surface area (TPSA) is 71.2 Å². The van der Waals surface area contributed by atoms with E-state index < -0.39 is 0 Å². The van der Waals surface area contributed by atoms with Crippen LogP contribution in [0.4, 0.5) is 5.69 Å². The van der Waals surface area contributed by atoms with Gasteiger partial charge in [0.25, 0.3) is 5.91 Å². The maximum Gasteiger partial charge on any atom is 0.269 e. The molecule has 0 spiro atoms. The highest BCUT2D eigenvalue weighted by atomic mass is 16.1. The van der Waals surface area contributed by atoms with Crippen molar-refractivity contribution in [1.29, 1.82) is 0 Å². The van der Waals surface area contributed by atoms with Crippen molar-refractivity contribution in [3.63, 3.8) is 0 Å². The zero-order valence-electron chi connectivity index (χ0n) is 9.90. The number of anilines is 1. The number of pyridine rings is 1. The Morgan fingerprint density at radius 2 is 2.38 bits per heavy atom. The fourth-order valence-corrected chi connectivity index (χ4v) is 1.45. The first-order valence-electron chi connectivity index (χ1n) is 5.19. The first-order valence-corrected chi connectivity index (χ1v) is 5.19. The second-order valence-electron chi connectivity index (χ2n) is 3.84. The molecule has 16 heavy (non-hydrogen) atoms. The number of hydrogen-bond acceptors (Lipinski definition) is 4. The molecule has 0 aromatic carbocycles. The Morgan fingerprint density at radius 1 is 1.69 bits per heavy atom. The van der Waals surface area contributed by atoms with E-state index in [4.69, 9.17) is 5.73 Å². The zero-order valence-corrected chi connectivity index (χ0v) is 9.90. The molecule has 5 heteroatoms. The molecule has 1 aromatic rings. The minimum Gasteiger partial charge on any atom is -0.373 e. The van der Waals surface area contributed by atoms with Gasteiger partial charge in [0, 0.05) is 38.6 Å². The normalized spacial score (nSPS) is 12.0. The minimum atomic E-state index is -0.184. The lowest BCUT2D eigenvalue weighted by Gasteiger charge is -2.21. The molecular weight excluding hydrogens is 204 g/mol. The summed E-state index contributed by atoms with van der Waals surface area (Å²) in [5.41, 5.74) is 7.07. The van der Waals surface area contributed by atoms with Crippen molar-refractivity contribution < 1.29 is 4.79 Å². The van der Waals surface area contributed by atoms with Crippen molar-refractivity contribution in [2.45, 2.75) is 13.0 Å². The number of carbonyl (C=O) groups is 1. The lowest BCUT2D eigenvalue weighted by molar-refractivity contribution is 0.0958. The Bertz CT molecular complexity index is 365. The number of amides is 1. The van der Waals surface area contributed by atoms with Crippen molar-refractivity contribution in [3.05, 3.63) is 24.0 Å². The van der Waals surface area contributed by atoms with Gasteiger partial charge < -0.3 is 16.0 Å². The van der Waals surface area contributed by atoms with E-state index in [-0.39, 0.29) is 11.9 Å². The summed E-state index contributed by atoms with van der Waals surface area (Å²) in [6.45, 7) is 2.68. The lowest BCUT2D eigenvalue weighted by atomic mass is 10.2. The van der Waals surface area contributed by atoms with Crippen LogP contribution in [0.3, 0.4) is 0 Å². The second-order valence-corrected chi connectivity index (χ2v) is 3.84. The van der Waals surface area contributed by atoms with E-state index in [1.54, 1.807) is 19.3 Å². The molecule has 0 fully saturated rings. The molecule has 0 radical (unpaired) electrons. The minimum absolute atomic E-state index is 0.0848. The van der Waals surface area contributed by atoms with Gasteiger partial charge in [-0.2, -0.15) is 0 Å². The molecule has 1 aromatic heterocycles. The molecule has 0 bridgehead atoms. The third-order valence-corrected chi connectivity index (χ3v) is 2.21. The van der Waals surface area contributed by atoms with Crippen LogP contribution in [0.1, 0.15) is 17.4 Å². The zero-order chi connectivity index (χ0) is 12.1. The van der Waals surface area contributed by atoms with Crippen LogP contribution in [0.15, 0.2) is 18.3 Å². The van der Waals surface area contributed by atoms with E-state index >= 15 is 0 Å². The van der Waals surface area contributed by atoms with E-state index in [1.807, 2.05) is 24.9 Å². The number of carbonyl (C=O) groups excluding carboxylic acids is 1. The largest absolute Gasteiger partial charge is 0.373 e. The summed E-state index contributed by atoms with van der Waals surface area (Å²) in [5.74, 6) is -0.184. The Balaban J connectivity index is 2.85. The van der Waals surface area contributed by atoms with Crippen LogP contribution < -0.4 is 16.0 Å². The first kappa shape index (κ1) is 12.4. The lowest BCUT2D eigenvalue weighted by Crippen LogP contribution is -2.33. The van der Waals surface area contributed by atoms with Gasteiger partial charge in [-0.25, -0.2) is 0 Å². The van der Waals surface area contributed by atoms with Gasteiger partial charge in [-0.3, -0.25) is 9.78 Å². The van der Waals surface area contributed by atoms with Gasteiger partial charge in [0.1, 0.15) is 5.69 Å². The van der Waals surface area contributed by atoms with E-state index in [9.17, 15) is 4.79 Å². The number of hydrogen-bond donors (Lipinski definition) is 2. The predicted octanol–water partition coefficient (Wildman–Crippen LogP) is 0.225. The molecule has 3 N–H and O–H groups in total. The third kappa shape index (κ3) is 3.20. The average molecular weight is 222 g/mol. The van der Waals surface area contributed by atoms with E-state index in [0.717, 1.165) is 12.2 Å². The molecule has 0 aliphatic rings. The van der Waals surface area contributed by atoms with Crippen LogP contribution in [0.2, 0.25) is 0 Å². The molecule has 1 amide bonds. The van der Waals surface area contributed by atoms with Crippen molar-refractivity contribution in [2.75, 3.05) is 25.5 Å². The number of likely N-dealkylation sites (N-methyl/N-ethyl adjacent to an activating group) is 1. The van der Waals surface area contributed by atoms with Gasteiger partial charge in [-0.15, -0.1) is 0 Å². The monoisotopic (exact) mass is 222 g/mol. The van der Waals surface area contributed by atoms with Crippen LogP contribution in [0.25, 0.3) is 0 Å². The third-order valence-electron chi connectivity index (χ3n) is 2.21. The molecule has 0 aliphatic heterocycles. The van der Waals surface area contributed by atoms with Crippen LogP contribution in [0, 0.1) is 0 Å². The maximum atomic E-state index is 11.4. The van der Waals surface area contributed by atoms with Crippen molar-refractivity contribution >= 4 is 11.6 Å². The summed E-state index contributed by atoms with van der Waals surface area (Å²) in [7, 11) is 3.52. The molecule has 1 atom stereocenters. The van der Waals surface area contributed by atoms with Crippen LogP contribution in [-0.2, 0) is 0 Å². The van der Waals surface area contributed by atoms with Gasteiger partial charge in [-0.1, -0.05) is 0 Å². The van der Waals surface area contributed by atoms with Gasteiger partial charge in [0.15, 0.2) is 0 Å². The molecular formula is C11H18N4O. The smallest absolute Gasteiger partial charge is 0.269 e. The van der Waals surface area contributed by atoms with Gasteiger partial charge in [0.2, 0.25) is 0 Å². The van der Waals surface area contributed by atoms with E-state index in [2.05, 4.69) is 10.3 Å². The SMILES string of the molecule is CNC(=O)c1cc(N(C)CC(C)N)ccn1. The highest BCUT2D eigenvalue weighted by Crippen LogP contribution is 2.12. The molecule has 88 valence electrons. The highest BCUT2D eigenvalue weighted by Gasteiger charge is 2.08. The fraction of sp³-hybridized carbons (Fsp3) is 0.455. The van der Waals surface area contributed by atoms with Crippen LogP contribution >= 0.6 is 0 Å². The predicted molar refractivity (Wildman–Crippen MR) is 64.5 cm³/mol. The van der Waals surface area contributed by atoms with E-state index in [0.29, 0.717) is 5.69 Å². The van der Waals surface area contributed by atoms with Crippen LogP contribution in [-0.4, -0.2) is 37.6 Å². The summed E-state index contributed by atoms with van der Waals surface area (Å²) in [6, 6.07) is 3.69. The summed E-state index contributed by atoms with van der Waals surface area (Å²) in [4.78, 5) is 17.4. The van der Waals surface area contributed by atoms with Crippen molar-refractivity contribution in [3.8, 4) is 0 Å². The Hall–Kier alpha value is -1.62. The molecule has 0 saturated carbocycles. The molecule has 0 aliphatic carbocycles. The van der Waals surface area contributed by atoms with Crippen LogP contribution in [0.5, 0.6) is 0 Å². The average Bonchev–Trinajstić information content (AvgIpc) is 2.27. The number of aromatic nitrogens is 1. The molecule has 5 nitrogen and oxygen atoms in total. The van der Waals surface area contributed by atoms with Gasteiger partial charge >= 0.3 is 0 Å². The molecule has 1 unspecified atom stereocenters. The summed E-state index contributed by atoms with van der Waals surface area (Å²) < 4.78 is 0. The molecule has 1 rings (SSSR count). The summed E-state index contributed by atoms with van der Waals surface area (Å²) in [6.07, 6.45) is 1.62. The standard InChI is InChI=1S/C11H18N4O/c1-8(12)7-15(3)9-4-5-14-10(6-9)11(16)13-2/h4-6,8H,7,12H2,1-3H3,(H,13,16). The first-order chi connectivity index (χ1) is 7.54. The quantitative estimate of drug-likeness (QED) is 0.764. The number of nitrogens with zero attached hydrogens (tertiary/aromatic N) is 2. The second kappa shape index (κ2) is 5.46. The Labute approximate surface area is 95.7 Å². The van der Waals surface area contributed by atoms with Gasteiger partial charge in [-0.05, 0) is 19.1 Å². The highest BCUT2D eigenvalue weighted by molar-refractivity contribution is 5.92. The number of rotatable bonds is 4. The Kier molecular flexibility index (Phi) is 4.25. The number of nitrogens with one attached hydrogen (secondary N) is 1. The van der Waals surface area contributed by atoms with Gasteiger partial charge in [0.05, 0.1) is 0 Å². The Morgan fingerprint density at radius 3 is 2.94 bits per heavy atom. The fourth-order valence-electron chi connectivity index (χ4n) is 1.45. The van der Waals surface area contributed by atoms with Crippen molar-refractivity contribution in [1.82, 2.24) is 10.3 Å². The summed E-state index contributed by atoms with van der Waals surface area (Å²) in [5, 5.41) is 2.54.